The normalized spacial score (nSPS) is 19.7. The first-order valence-corrected chi connectivity index (χ1v) is 8.69. The van der Waals surface area contributed by atoms with Gasteiger partial charge in [0.25, 0.3) is 0 Å². The Balaban J connectivity index is 1.39. The lowest BCUT2D eigenvalue weighted by Gasteiger charge is -2.17. The molecule has 126 valence electrons. The van der Waals surface area contributed by atoms with Crippen LogP contribution in [-0.2, 0) is 10.2 Å². The van der Waals surface area contributed by atoms with Gasteiger partial charge in [0, 0.05) is 17.4 Å². The fourth-order valence-corrected chi connectivity index (χ4v) is 3.70. The summed E-state index contributed by atoms with van der Waals surface area (Å²) in [5.74, 6) is 0.740. The van der Waals surface area contributed by atoms with Crippen LogP contribution in [0.1, 0.15) is 31.2 Å². The van der Waals surface area contributed by atoms with Gasteiger partial charge in [-0.2, -0.15) is 0 Å². The van der Waals surface area contributed by atoms with Crippen molar-refractivity contribution in [3.8, 4) is 5.75 Å². The number of carbonyl (C=O) groups is 2. The first-order chi connectivity index (χ1) is 12.2. The number of amides is 2. The Labute approximate surface area is 145 Å². The van der Waals surface area contributed by atoms with Crippen molar-refractivity contribution in [2.75, 3.05) is 10.2 Å². The van der Waals surface area contributed by atoms with Gasteiger partial charge in [-0.05, 0) is 61.6 Å². The van der Waals surface area contributed by atoms with Crippen molar-refractivity contribution in [2.24, 2.45) is 0 Å². The Bertz CT molecular complexity index is 870. The number of para-hydroxylation sites is 1. The largest absolute Gasteiger partial charge is 0.417 e. The molecule has 0 bridgehead atoms. The van der Waals surface area contributed by atoms with Gasteiger partial charge in [-0.25, -0.2) is 4.79 Å². The number of fused-ring (bicyclic) bond motifs is 2. The minimum atomic E-state index is -0.528. The molecule has 1 aliphatic heterocycles. The topological polar surface area (TPSA) is 58.6 Å². The summed E-state index contributed by atoms with van der Waals surface area (Å²) in [6.07, 6.45) is 3.45. The maximum Gasteiger partial charge on any atom is 0.417 e. The van der Waals surface area contributed by atoms with E-state index in [2.05, 4.69) is 5.32 Å². The van der Waals surface area contributed by atoms with Crippen LogP contribution in [0.25, 0.3) is 0 Å². The highest BCUT2D eigenvalue weighted by Gasteiger charge is 2.61. The molecule has 1 heterocycles. The summed E-state index contributed by atoms with van der Waals surface area (Å²) in [4.78, 5) is 26.9. The number of anilines is 2. The van der Waals surface area contributed by atoms with E-state index in [1.54, 1.807) is 12.1 Å². The number of benzene rings is 2. The molecule has 5 nitrogen and oxygen atoms in total. The molecule has 0 atom stereocenters. The molecule has 0 saturated heterocycles. The lowest BCUT2D eigenvalue weighted by atomic mass is 9.97. The lowest BCUT2D eigenvalue weighted by Crippen LogP contribution is -2.33. The molecule has 1 N–H and O–H groups in total. The van der Waals surface area contributed by atoms with Crippen LogP contribution in [0, 0.1) is 0 Å². The average molecular weight is 334 g/mol. The molecule has 0 radical (unpaired) electrons. The summed E-state index contributed by atoms with van der Waals surface area (Å²) in [7, 11) is 0. The zero-order valence-corrected chi connectivity index (χ0v) is 13.7. The molecular weight excluding hydrogens is 316 g/mol. The summed E-state index contributed by atoms with van der Waals surface area (Å²) in [6, 6.07) is 15.1. The van der Waals surface area contributed by atoms with Crippen LogP contribution in [0.4, 0.5) is 16.2 Å². The van der Waals surface area contributed by atoms with E-state index in [9.17, 15) is 9.59 Å². The minimum Gasteiger partial charge on any atom is -0.410 e. The maximum absolute atomic E-state index is 12.8. The molecule has 2 aromatic rings. The number of nitrogens with one attached hydrogen (secondary N) is 1. The van der Waals surface area contributed by atoms with Crippen molar-refractivity contribution in [1.82, 2.24) is 0 Å². The van der Waals surface area contributed by atoms with Crippen molar-refractivity contribution in [3.05, 3.63) is 54.1 Å². The molecule has 2 fully saturated rings. The smallest absolute Gasteiger partial charge is 0.410 e. The Morgan fingerprint density at radius 2 is 1.88 bits per heavy atom. The van der Waals surface area contributed by atoms with Crippen LogP contribution in [0.15, 0.2) is 48.5 Å². The second kappa shape index (κ2) is 5.09. The molecule has 2 aliphatic carbocycles. The predicted molar refractivity (Wildman–Crippen MR) is 94.0 cm³/mol. The highest BCUT2D eigenvalue weighted by molar-refractivity contribution is 6.11. The third kappa shape index (κ3) is 2.30. The third-order valence-corrected chi connectivity index (χ3v) is 5.26. The van der Waals surface area contributed by atoms with Gasteiger partial charge in [0.1, 0.15) is 5.75 Å². The molecule has 2 amide bonds. The number of carbonyl (C=O) groups excluding carboxylic acids is 2. The zero-order valence-electron chi connectivity index (χ0n) is 13.7. The van der Waals surface area contributed by atoms with Crippen LogP contribution in [0.3, 0.4) is 0 Å². The Hall–Kier alpha value is -2.82. The molecule has 2 aromatic carbocycles. The maximum atomic E-state index is 12.8. The molecule has 0 aromatic heterocycles. The number of rotatable bonds is 3. The summed E-state index contributed by atoms with van der Waals surface area (Å²) < 4.78 is 5.27. The van der Waals surface area contributed by atoms with Crippen molar-refractivity contribution < 1.29 is 14.3 Å². The van der Waals surface area contributed by atoms with Crippen molar-refractivity contribution in [1.29, 1.82) is 0 Å². The molecule has 2 saturated carbocycles. The second-order valence-corrected chi connectivity index (χ2v) is 7.05. The summed E-state index contributed by atoms with van der Waals surface area (Å²) in [5.41, 5.74) is 2.41. The monoisotopic (exact) mass is 334 g/mol. The van der Waals surface area contributed by atoms with E-state index < -0.39 is 6.09 Å². The Kier molecular flexibility index (Phi) is 2.95. The summed E-state index contributed by atoms with van der Waals surface area (Å²) in [6.45, 7) is 0. The van der Waals surface area contributed by atoms with Gasteiger partial charge >= 0.3 is 6.09 Å². The average Bonchev–Trinajstić information content (AvgIpc) is 3.51. The SMILES string of the molecule is O=C(Nc1ccc2c(c1)C1(CC1)C(=O)N2C1CC1)Oc1ccccc1. The van der Waals surface area contributed by atoms with Crippen LogP contribution in [-0.4, -0.2) is 18.0 Å². The Morgan fingerprint density at radius 3 is 2.56 bits per heavy atom. The number of hydrogen-bond donors (Lipinski definition) is 1. The second-order valence-electron chi connectivity index (χ2n) is 7.05. The quantitative estimate of drug-likeness (QED) is 0.928. The van der Waals surface area contributed by atoms with Crippen molar-refractivity contribution in [2.45, 2.75) is 37.1 Å². The predicted octanol–water partition coefficient (Wildman–Crippen LogP) is 3.84. The van der Waals surface area contributed by atoms with Crippen LogP contribution in [0.5, 0.6) is 5.75 Å². The van der Waals surface area contributed by atoms with Gasteiger partial charge in [-0.3, -0.25) is 10.1 Å². The number of nitrogens with zero attached hydrogens (tertiary/aromatic N) is 1. The van der Waals surface area contributed by atoms with E-state index in [4.69, 9.17) is 4.74 Å². The van der Waals surface area contributed by atoms with E-state index >= 15 is 0 Å². The van der Waals surface area contributed by atoms with Crippen LogP contribution in [0.2, 0.25) is 0 Å². The van der Waals surface area contributed by atoms with Gasteiger partial charge in [0.05, 0.1) is 5.41 Å². The van der Waals surface area contributed by atoms with Gasteiger partial charge < -0.3 is 9.64 Å². The van der Waals surface area contributed by atoms with E-state index in [0.29, 0.717) is 17.5 Å². The van der Waals surface area contributed by atoms with Crippen molar-refractivity contribution >= 4 is 23.4 Å². The molecular formula is C20H18N2O3. The molecule has 3 aliphatic rings. The fourth-order valence-electron chi connectivity index (χ4n) is 3.70. The fraction of sp³-hybridized carbons (Fsp3) is 0.300. The molecule has 5 heteroatoms. The minimum absolute atomic E-state index is 0.244. The van der Waals surface area contributed by atoms with Crippen LogP contribution >= 0.6 is 0 Å². The first-order valence-electron chi connectivity index (χ1n) is 8.69. The first kappa shape index (κ1) is 14.5. The highest BCUT2D eigenvalue weighted by Crippen LogP contribution is 2.59. The Morgan fingerprint density at radius 1 is 1.12 bits per heavy atom. The molecule has 0 unspecified atom stereocenters. The molecule has 1 spiro atoms. The van der Waals surface area contributed by atoms with Crippen molar-refractivity contribution in [3.63, 3.8) is 0 Å². The third-order valence-electron chi connectivity index (χ3n) is 5.26. The molecule has 25 heavy (non-hydrogen) atoms. The standard InChI is InChI=1S/C20H18N2O3/c23-18-20(10-11-20)16-12-13(6-9-17(16)22(18)14-7-8-14)21-19(24)25-15-4-2-1-3-5-15/h1-6,9,12,14H,7-8,10-11H2,(H,21,24). The summed E-state index contributed by atoms with van der Waals surface area (Å²) in [5, 5.41) is 2.77. The van der Waals surface area contributed by atoms with Gasteiger partial charge in [0.15, 0.2) is 0 Å². The highest BCUT2D eigenvalue weighted by atomic mass is 16.6. The zero-order chi connectivity index (χ0) is 17.0. The van der Waals surface area contributed by atoms with E-state index in [0.717, 1.165) is 36.9 Å². The molecule has 5 rings (SSSR count). The van der Waals surface area contributed by atoms with Gasteiger partial charge in [-0.1, -0.05) is 18.2 Å². The van der Waals surface area contributed by atoms with Gasteiger partial charge in [-0.15, -0.1) is 0 Å². The van der Waals surface area contributed by atoms with E-state index in [1.807, 2.05) is 41.3 Å². The van der Waals surface area contributed by atoms with Crippen LogP contribution < -0.4 is 15.0 Å². The van der Waals surface area contributed by atoms with E-state index in [1.165, 1.54) is 0 Å². The summed E-state index contributed by atoms with van der Waals surface area (Å²) >= 11 is 0. The number of ether oxygens (including phenoxy) is 1. The van der Waals surface area contributed by atoms with E-state index in [-0.39, 0.29) is 11.3 Å². The lowest BCUT2D eigenvalue weighted by molar-refractivity contribution is -0.120. The van der Waals surface area contributed by atoms with Gasteiger partial charge in [0.2, 0.25) is 5.91 Å². The number of hydrogen-bond acceptors (Lipinski definition) is 3.